The van der Waals surface area contributed by atoms with Crippen molar-refractivity contribution in [1.29, 1.82) is 0 Å². The number of aromatic hydroxyl groups is 3. The van der Waals surface area contributed by atoms with Gasteiger partial charge in [0.25, 0.3) is 0 Å². The molecule has 0 bridgehead atoms. The third-order valence-electron chi connectivity index (χ3n) is 13.7. The van der Waals surface area contributed by atoms with Crippen LogP contribution in [0.25, 0.3) is 0 Å². The van der Waals surface area contributed by atoms with E-state index in [0.717, 1.165) is 51.4 Å². The molecule has 4 atom stereocenters. The number of hydrogen-bond acceptors (Lipinski definition) is 13. The van der Waals surface area contributed by atoms with Crippen molar-refractivity contribution in [2.24, 2.45) is 26.8 Å². The largest absolute Gasteiger partial charge is 0.507 e. The van der Waals surface area contributed by atoms with E-state index in [0.29, 0.717) is 75.6 Å². The first-order chi connectivity index (χ1) is 33.3. The monoisotopic (exact) mass is 996 g/mol. The molecule has 0 amide bonds. The summed E-state index contributed by atoms with van der Waals surface area (Å²) in [6, 6.07) is 9.88. The summed E-state index contributed by atoms with van der Waals surface area (Å²) in [4.78, 5) is 53.9. The minimum atomic E-state index is -0.487. The van der Waals surface area contributed by atoms with E-state index in [1.165, 1.54) is 6.42 Å². The Morgan fingerprint density at radius 2 is 0.930 bits per heavy atom. The van der Waals surface area contributed by atoms with Gasteiger partial charge in [0, 0.05) is 70.9 Å². The maximum atomic E-state index is 13.2. The van der Waals surface area contributed by atoms with Gasteiger partial charge in [-0.15, -0.1) is 0 Å². The fraction of sp³-hybridized carbons (Fsp3) is 0.586. The Kier molecular flexibility index (Phi) is 20.0. The highest BCUT2D eigenvalue weighted by atomic mass is 32.1. The average Bonchev–Trinajstić information content (AvgIpc) is 3.30. The molecular formula is C58H81N3O9S. The van der Waals surface area contributed by atoms with Gasteiger partial charge in [0.1, 0.15) is 34.5 Å². The maximum absolute atomic E-state index is 13.2. The van der Waals surface area contributed by atoms with Crippen LogP contribution in [0, 0.1) is 11.8 Å². The molecule has 2 fully saturated rings. The number of ether oxygens (including phenoxy) is 3. The summed E-state index contributed by atoms with van der Waals surface area (Å²) in [5.74, 6) is 0.305. The van der Waals surface area contributed by atoms with Gasteiger partial charge in [0.05, 0.1) is 18.0 Å². The summed E-state index contributed by atoms with van der Waals surface area (Å²) in [5, 5.41) is 34.1. The lowest BCUT2D eigenvalue weighted by atomic mass is 9.85. The topological polar surface area (TPSA) is 177 Å². The second-order valence-electron chi connectivity index (χ2n) is 22.9. The fourth-order valence-electron chi connectivity index (χ4n) is 8.96. The van der Waals surface area contributed by atoms with E-state index in [1.807, 2.05) is 76.2 Å². The molecule has 71 heavy (non-hydrogen) atoms. The Labute approximate surface area is 428 Å². The van der Waals surface area contributed by atoms with Crippen LogP contribution >= 0.6 is 12.6 Å². The smallest absolute Gasteiger partial charge is 0.314 e. The third-order valence-corrected chi connectivity index (χ3v) is 14.3. The van der Waals surface area contributed by atoms with Crippen molar-refractivity contribution in [1.82, 2.24) is 0 Å². The van der Waals surface area contributed by atoms with E-state index in [2.05, 4.69) is 12.6 Å². The number of carbonyl (C=O) groups is 3. The standard InChI is InChI=1S/C58H81N3O9S/c1-36(35-71)37(2)55(67)70-44-28-40(54(66)47(31-44)58(9,10)11)34-61-49-23-19-18-22-48(49)60-33-39-27-43(30-46(53(39)65)57(6,7)8)69-51(63)25-17-13-16-24-50(62)68-42-26-38(32-59-41-20-14-12-15-21-41)52(64)45(29-42)56(3,4)5/h26-34,36-37,41,48-49,64-66,71H,12-25,35H2,1-11H3. The lowest BCUT2D eigenvalue weighted by Crippen LogP contribution is -2.27. The second-order valence-corrected chi connectivity index (χ2v) is 23.3. The molecular weight excluding hydrogens is 915 g/mol. The van der Waals surface area contributed by atoms with Gasteiger partial charge in [0.15, 0.2) is 0 Å². The van der Waals surface area contributed by atoms with Crippen LogP contribution in [0.4, 0.5) is 0 Å². The molecule has 2 aliphatic carbocycles. The molecule has 3 N–H and O–H groups in total. The minimum Gasteiger partial charge on any atom is -0.507 e. The molecule has 0 radical (unpaired) electrons. The summed E-state index contributed by atoms with van der Waals surface area (Å²) in [6.45, 7) is 21.7. The Bertz CT molecular complexity index is 2420. The molecule has 0 aromatic heterocycles. The lowest BCUT2D eigenvalue weighted by Gasteiger charge is -2.26. The van der Waals surface area contributed by atoms with Crippen LogP contribution in [-0.4, -0.2) is 75.7 Å². The number of phenols is 3. The van der Waals surface area contributed by atoms with Crippen molar-refractivity contribution >= 4 is 49.2 Å². The molecule has 0 saturated heterocycles. The maximum Gasteiger partial charge on any atom is 0.314 e. The minimum absolute atomic E-state index is 0.0243. The van der Waals surface area contributed by atoms with Gasteiger partial charge < -0.3 is 29.5 Å². The number of phenolic OH excluding ortho intramolecular Hbond substituents is 3. The number of hydrogen-bond donors (Lipinski definition) is 4. The number of rotatable bonds is 18. The van der Waals surface area contributed by atoms with Crippen LogP contribution in [0.5, 0.6) is 34.5 Å². The Hall–Kier alpha value is -5.17. The van der Waals surface area contributed by atoms with Crippen LogP contribution in [0.1, 0.15) is 199 Å². The molecule has 4 unspecified atom stereocenters. The highest BCUT2D eigenvalue weighted by Gasteiger charge is 2.29. The van der Waals surface area contributed by atoms with E-state index in [4.69, 9.17) is 29.2 Å². The number of unbranched alkanes of at least 4 members (excludes halogenated alkanes) is 2. The van der Waals surface area contributed by atoms with Crippen molar-refractivity contribution in [2.75, 3.05) is 5.75 Å². The highest BCUT2D eigenvalue weighted by Crippen LogP contribution is 2.40. The lowest BCUT2D eigenvalue weighted by molar-refractivity contribution is -0.139. The SMILES string of the molecule is CC(CS)C(C)C(=O)Oc1cc(C=NC2CCCCC2N=Cc2cc(OC(=O)CCCCCC(=O)Oc3cc(C=NC4CCCCC4)c(O)c(C(C)(C)C)c3)cc(C(C)(C)C)c2O)c(O)c(C(C)(C)C)c1. The number of thiol groups is 1. The van der Waals surface area contributed by atoms with Crippen molar-refractivity contribution < 1.29 is 43.9 Å². The van der Waals surface area contributed by atoms with Crippen molar-refractivity contribution in [3.05, 3.63) is 69.8 Å². The average molecular weight is 996 g/mol. The van der Waals surface area contributed by atoms with E-state index in [9.17, 15) is 29.7 Å². The predicted octanol–water partition coefficient (Wildman–Crippen LogP) is 12.9. The van der Waals surface area contributed by atoms with Gasteiger partial charge >= 0.3 is 17.9 Å². The summed E-state index contributed by atoms with van der Waals surface area (Å²) in [6.07, 6.45) is 16.0. The number of aliphatic imine (C=N–C) groups is 3. The Morgan fingerprint density at radius 3 is 1.31 bits per heavy atom. The van der Waals surface area contributed by atoms with E-state index >= 15 is 0 Å². The second kappa shape index (κ2) is 25.0. The first kappa shape index (κ1) is 56.7. The molecule has 0 aliphatic heterocycles. The molecule has 388 valence electrons. The molecule has 0 spiro atoms. The quantitative estimate of drug-likeness (QED) is 0.0318. The van der Waals surface area contributed by atoms with Gasteiger partial charge in [-0.05, 0) is 103 Å². The van der Waals surface area contributed by atoms with Crippen LogP contribution in [0.15, 0.2) is 51.4 Å². The highest BCUT2D eigenvalue weighted by molar-refractivity contribution is 7.80. The van der Waals surface area contributed by atoms with Crippen molar-refractivity contribution in [2.45, 2.75) is 200 Å². The van der Waals surface area contributed by atoms with Gasteiger partial charge in [-0.2, -0.15) is 12.6 Å². The van der Waals surface area contributed by atoms with E-state index in [-0.39, 0.29) is 66.0 Å². The zero-order chi connectivity index (χ0) is 52.3. The van der Waals surface area contributed by atoms with Crippen molar-refractivity contribution in [3.63, 3.8) is 0 Å². The summed E-state index contributed by atoms with van der Waals surface area (Å²) in [5.41, 5.74) is 1.98. The Balaban J connectivity index is 1.22. The molecule has 3 aromatic rings. The normalized spacial score (nSPS) is 18.3. The summed E-state index contributed by atoms with van der Waals surface area (Å²) >= 11 is 4.35. The number of nitrogens with zero attached hydrogens (tertiary/aromatic N) is 3. The van der Waals surface area contributed by atoms with Gasteiger partial charge in [-0.25, -0.2) is 0 Å². The summed E-state index contributed by atoms with van der Waals surface area (Å²) < 4.78 is 17.5. The molecule has 0 heterocycles. The molecule has 12 nitrogen and oxygen atoms in total. The molecule has 2 aliphatic rings. The first-order valence-electron chi connectivity index (χ1n) is 25.8. The molecule has 13 heteroatoms. The zero-order valence-corrected chi connectivity index (χ0v) is 45.2. The molecule has 2 saturated carbocycles. The molecule has 3 aromatic carbocycles. The number of esters is 3. The van der Waals surface area contributed by atoms with Crippen LogP contribution in [-0.2, 0) is 30.6 Å². The number of benzene rings is 3. The van der Waals surface area contributed by atoms with Crippen molar-refractivity contribution in [3.8, 4) is 34.5 Å². The molecule has 5 rings (SSSR count). The van der Waals surface area contributed by atoms with Gasteiger partial charge in [-0.1, -0.05) is 115 Å². The first-order valence-corrected chi connectivity index (χ1v) is 26.4. The summed E-state index contributed by atoms with van der Waals surface area (Å²) in [7, 11) is 0. The van der Waals surface area contributed by atoms with Crippen LogP contribution < -0.4 is 14.2 Å². The van der Waals surface area contributed by atoms with Gasteiger partial charge in [0.2, 0.25) is 0 Å². The van der Waals surface area contributed by atoms with Crippen LogP contribution in [0.3, 0.4) is 0 Å². The predicted molar refractivity (Wildman–Crippen MR) is 288 cm³/mol. The van der Waals surface area contributed by atoms with E-state index < -0.39 is 28.2 Å². The zero-order valence-electron chi connectivity index (χ0n) is 44.3. The van der Waals surface area contributed by atoms with E-state index in [1.54, 1.807) is 55.0 Å². The fourth-order valence-corrected chi connectivity index (χ4v) is 9.28. The van der Waals surface area contributed by atoms with Crippen LogP contribution in [0.2, 0.25) is 0 Å². The number of carbonyl (C=O) groups excluding carboxylic acids is 3. The third kappa shape index (κ3) is 16.4. The Morgan fingerprint density at radius 1 is 0.563 bits per heavy atom. The van der Waals surface area contributed by atoms with Gasteiger partial charge in [-0.3, -0.25) is 29.4 Å².